The first-order valence-electron chi connectivity index (χ1n) is 6.30. The summed E-state index contributed by atoms with van der Waals surface area (Å²) in [6, 6.07) is 4.29. The van der Waals surface area contributed by atoms with Gasteiger partial charge in [0.25, 0.3) is 0 Å². The lowest BCUT2D eigenvalue weighted by molar-refractivity contribution is 0.163. The Labute approximate surface area is 107 Å². The van der Waals surface area contributed by atoms with Crippen LogP contribution in [0.3, 0.4) is 0 Å². The molecule has 1 fully saturated rings. The molecule has 17 heavy (non-hydrogen) atoms. The zero-order valence-corrected chi connectivity index (χ0v) is 11.2. The SMILES string of the molecule is CN(Cc1cccs1)C(=O)N1CCCCCC1. The Balaban J connectivity index is 1.89. The third-order valence-electron chi connectivity index (χ3n) is 3.18. The highest BCUT2D eigenvalue weighted by Crippen LogP contribution is 2.14. The molecule has 1 aromatic rings. The second-order valence-electron chi connectivity index (χ2n) is 4.62. The Hall–Kier alpha value is -1.03. The van der Waals surface area contributed by atoms with Crippen molar-refractivity contribution in [2.45, 2.75) is 32.2 Å². The van der Waals surface area contributed by atoms with Crippen LogP contribution in [-0.4, -0.2) is 36.0 Å². The van der Waals surface area contributed by atoms with E-state index >= 15 is 0 Å². The van der Waals surface area contributed by atoms with E-state index in [9.17, 15) is 4.79 Å². The molecule has 0 saturated carbocycles. The van der Waals surface area contributed by atoms with Gasteiger partial charge in [0.05, 0.1) is 6.54 Å². The molecule has 2 rings (SSSR count). The standard InChI is InChI=1S/C13H20N2OS/c1-14(11-12-7-6-10-17-12)13(16)15-8-4-2-3-5-9-15/h6-7,10H,2-5,8-9,11H2,1H3. The average molecular weight is 252 g/mol. The van der Waals surface area contributed by atoms with Crippen molar-refractivity contribution in [1.29, 1.82) is 0 Å². The van der Waals surface area contributed by atoms with Gasteiger partial charge < -0.3 is 9.80 Å². The van der Waals surface area contributed by atoms with Crippen LogP contribution in [0.1, 0.15) is 30.6 Å². The molecule has 2 heterocycles. The summed E-state index contributed by atoms with van der Waals surface area (Å²) in [5, 5.41) is 2.06. The van der Waals surface area contributed by atoms with Gasteiger partial charge in [0.2, 0.25) is 0 Å². The molecule has 0 N–H and O–H groups in total. The summed E-state index contributed by atoms with van der Waals surface area (Å²) < 4.78 is 0. The largest absolute Gasteiger partial charge is 0.325 e. The van der Waals surface area contributed by atoms with Gasteiger partial charge in [-0.25, -0.2) is 4.79 Å². The fourth-order valence-corrected chi connectivity index (χ4v) is 2.96. The van der Waals surface area contributed by atoms with Gasteiger partial charge >= 0.3 is 6.03 Å². The molecule has 0 bridgehead atoms. The molecule has 4 heteroatoms. The first-order chi connectivity index (χ1) is 8.27. The van der Waals surface area contributed by atoms with Crippen LogP contribution in [0.2, 0.25) is 0 Å². The van der Waals surface area contributed by atoms with E-state index in [-0.39, 0.29) is 6.03 Å². The zero-order chi connectivity index (χ0) is 12.1. The van der Waals surface area contributed by atoms with E-state index in [2.05, 4.69) is 11.4 Å². The molecular weight excluding hydrogens is 232 g/mol. The summed E-state index contributed by atoms with van der Waals surface area (Å²) in [7, 11) is 1.90. The second kappa shape index (κ2) is 6.05. The number of amides is 2. The van der Waals surface area contributed by atoms with Crippen LogP contribution in [-0.2, 0) is 6.54 Å². The highest BCUT2D eigenvalue weighted by atomic mass is 32.1. The number of urea groups is 1. The van der Waals surface area contributed by atoms with E-state index in [1.54, 1.807) is 11.3 Å². The number of hydrogen-bond donors (Lipinski definition) is 0. The Bertz CT molecular complexity index is 342. The van der Waals surface area contributed by atoms with E-state index in [0.29, 0.717) is 0 Å². The quantitative estimate of drug-likeness (QED) is 0.793. The number of carbonyl (C=O) groups is 1. The minimum Gasteiger partial charge on any atom is -0.325 e. The highest BCUT2D eigenvalue weighted by molar-refractivity contribution is 7.09. The fourth-order valence-electron chi connectivity index (χ4n) is 2.21. The van der Waals surface area contributed by atoms with Crippen molar-refractivity contribution in [1.82, 2.24) is 9.80 Å². The van der Waals surface area contributed by atoms with Crippen molar-refractivity contribution in [3.8, 4) is 0 Å². The van der Waals surface area contributed by atoms with Crippen LogP contribution in [0, 0.1) is 0 Å². The molecule has 1 aliphatic rings. The molecule has 3 nitrogen and oxygen atoms in total. The molecule has 2 amide bonds. The molecule has 94 valence electrons. The van der Waals surface area contributed by atoms with Gasteiger partial charge in [-0.3, -0.25) is 0 Å². The monoisotopic (exact) mass is 252 g/mol. The van der Waals surface area contributed by atoms with E-state index < -0.39 is 0 Å². The number of hydrogen-bond acceptors (Lipinski definition) is 2. The maximum absolute atomic E-state index is 12.2. The van der Waals surface area contributed by atoms with Gasteiger partial charge in [-0.1, -0.05) is 18.9 Å². The summed E-state index contributed by atoms with van der Waals surface area (Å²) in [6.07, 6.45) is 4.83. The molecule has 0 radical (unpaired) electrons. The zero-order valence-electron chi connectivity index (χ0n) is 10.4. The van der Waals surface area contributed by atoms with Crippen LogP contribution >= 0.6 is 11.3 Å². The van der Waals surface area contributed by atoms with E-state index in [0.717, 1.165) is 32.5 Å². The van der Waals surface area contributed by atoms with Crippen molar-refractivity contribution >= 4 is 17.4 Å². The van der Waals surface area contributed by atoms with E-state index in [4.69, 9.17) is 0 Å². The predicted octanol–water partition coefficient (Wildman–Crippen LogP) is 3.18. The third kappa shape index (κ3) is 3.46. The number of nitrogens with zero attached hydrogens (tertiary/aromatic N) is 2. The summed E-state index contributed by atoms with van der Waals surface area (Å²) in [4.78, 5) is 17.3. The number of rotatable bonds is 2. The molecule has 0 aromatic carbocycles. The van der Waals surface area contributed by atoms with Gasteiger partial charge in [0.15, 0.2) is 0 Å². The van der Waals surface area contributed by atoms with Crippen molar-refractivity contribution in [3.05, 3.63) is 22.4 Å². The van der Waals surface area contributed by atoms with Gasteiger partial charge in [0, 0.05) is 25.0 Å². The van der Waals surface area contributed by atoms with E-state index in [1.165, 1.54) is 17.7 Å². The molecule has 0 aliphatic carbocycles. The lowest BCUT2D eigenvalue weighted by Crippen LogP contribution is -2.41. The van der Waals surface area contributed by atoms with Crippen LogP contribution in [0.25, 0.3) is 0 Å². The Morgan fingerprint density at radius 1 is 1.35 bits per heavy atom. The van der Waals surface area contributed by atoms with Crippen molar-refractivity contribution in [2.75, 3.05) is 20.1 Å². The maximum Gasteiger partial charge on any atom is 0.320 e. The smallest absolute Gasteiger partial charge is 0.320 e. The number of thiophene rings is 1. The van der Waals surface area contributed by atoms with Crippen molar-refractivity contribution in [3.63, 3.8) is 0 Å². The highest BCUT2D eigenvalue weighted by Gasteiger charge is 2.19. The first kappa shape index (κ1) is 12.4. The van der Waals surface area contributed by atoms with Crippen LogP contribution in [0.4, 0.5) is 4.79 Å². The fraction of sp³-hybridized carbons (Fsp3) is 0.615. The minimum atomic E-state index is 0.181. The van der Waals surface area contributed by atoms with Crippen LogP contribution in [0.5, 0.6) is 0 Å². The molecule has 1 aliphatic heterocycles. The average Bonchev–Trinajstić information content (AvgIpc) is 2.68. The number of carbonyl (C=O) groups excluding carboxylic acids is 1. The lowest BCUT2D eigenvalue weighted by atomic mass is 10.2. The first-order valence-corrected chi connectivity index (χ1v) is 7.18. The van der Waals surface area contributed by atoms with Gasteiger partial charge in [-0.15, -0.1) is 11.3 Å². The molecular formula is C13H20N2OS. The van der Waals surface area contributed by atoms with Gasteiger partial charge in [-0.2, -0.15) is 0 Å². The Morgan fingerprint density at radius 3 is 2.65 bits per heavy atom. The Morgan fingerprint density at radius 2 is 2.06 bits per heavy atom. The van der Waals surface area contributed by atoms with Crippen molar-refractivity contribution < 1.29 is 4.79 Å². The number of likely N-dealkylation sites (tertiary alicyclic amines) is 1. The molecule has 0 atom stereocenters. The normalized spacial score (nSPS) is 16.6. The third-order valence-corrected chi connectivity index (χ3v) is 4.04. The lowest BCUT2D eigenvalue weighted by Gasteiger charge is -2.26. The molecule has 1 saturated heterocycles. The predicted molar refractivity (Wildman–Crippen MR) is 71.2 cm³/mol. The maximum atomic E-state index is 12.2. The van der Waals surface area contributed by atoms with Crippen LogP contribution in [0.15, 0.2) is 17.5 Å². The molecule has 0 spiro atoms. The molecule has 0 unspecified atom stereocenters. The topological polar surface area (TPSA) is 23.6 Å². The molecule has 1 aromatic heterocycles. The second-order valence-corrected chi connectivity index (χ2v) is 5.65. The van der Waals surface area contributed by atoms with Crippen molar-refractivity contribution in [2.24, 2.45) is 0 Å². The van der Waals surface area contributed by atoms with Gasteiger partial charge in [0.1, 0.15) is 0 Å². The van der Waals surface area contributed by atoms with E-state index in [1.807, 2.05) is 22.9 Å². The summed E-state index contributed by atoms with van der Waals surface area (Å²) in [5.74, 6) is 0. The van der Waals surface area contributed by atoms with Crippen LogP contribution < -0.4 is 0 Å². The summed E-state index contributed by atoms with van der Waals surface area (Å²) in [6.45, 7) is 2.58. The summed E-state index contributed by atoms with van der Waals surface area (Å²) >= 11 is 1.71. The Kier molecular flexibility index (Phi) is 4.42. The minimum absolute atomic E-state index is 0.181. The van der Waals surface area contributed by atoms with Gasteiger partial charge in [-0.05, 0) is 24.3 Å². The summed E-state index contributed by atoms with van der Waals surface area (Å²) in [5.41, 5.74) is 0.